The zero-order chi connectivity index (χ0) is 13.4. The zero-order valence-electron chi connectivity index (χ0n) is 11.0. The van der Waals surface area contributed by atoms with E-state index in [1.807, 2.05) is 0 Å². The van der Waals surface area contributed by atoms with Crippen molar-refractivity contribution in [2.24, 2.45) is 0 Å². The number of aliphatic hydroxyl groups is 1. The van der Waals surface area contributed by atoms with Gasteiger partial charge in [0, 0.05) is 6.61 Å². The summed E-state index contributed by atoms with van der Waals surface area (Å²) in [5.41, 5.74) is 0.541. The van der Waals surface area contributed by atoms with Crippen LogP contribution in [-0.4, -0.2) is 24.9 Å². The highest BCUT2D eigenvalue weighted by molar-refractivity contribution is 5.30. The Morgan fingerprint density at radius 1 is 1.28 bits per heavy atom. The van der Waals surface area contributed by atoms with Gasteiger partial charge in [-0.05, 0) is 31.0 Å². The number of hydrogen-bond acceptors (Lipinski definition) is 3. The van der Waals surface area contributed by atoms with Gasteiger partial charge in [-0.1, -0.05) is 19.4 Å². The van der Waals surface area contributed by atoms with Gasteiger partial charge in [0.2, 0.25) is 0 Å². The molecule has 0 heterocycles. The smallest absolute Gasteiger partial charge is 0.165 e. The highest BCUT2D eigenvalue weighted by Gasteiger charge is 2.07. The molecule has 102 valence electrons. The molecule has 1 atom stereocenters. The maximum Gasteiger partial charge on any atom is 0.165 e. The average Bonchev–Trinajstić information content (AvgIpc) is 2.35. The first-order chi connectivity index (χ1) is 8.65. The molecule has 0 saturated carbocycles. The minimum Gasteiger partial charge on any atom is -0.488 e. The van der Waals surface area contributed by atoms with E-state index in [0.717, 1.165) is 12.8 Å². The molecule has 0 aromatic heterocycles. The van der Waals surface area contributed by atoms with Gasteiger partial charge in [-0.15, -0.1) is 0 Å². The fourth-order valence-electron chi connectivity index (χ4n) is 1.45. The van der Waals surface area contributed by atoms with Crippen LogP contribution in [0.4, 0.5) is 4.39 Å². The molecular formula is C14H21FO3. The van der Waals surface area contributed by atoms with E-state index in [9.17, 15) is 9.50 Å². The van der Waals surface area contributed by atoms with Crippen LogP contribution in [0, 0.1) is 5.82 Å². The molecule has 18 heavy (non-hydrogen) atoms. The Balaban J connectivity index is 2.34. The third-order valence-corrected chi connectivity index (χ3v) is 2.57. The zero-order valence-corrected chi connectivity index (χ0v) is 11.0. The molecule has 1 aromatic carbocycles. The van der Waals surface area contributed by atoms with Crippen molar-refractivity contribution in [2.75, 3.05) is 19.8 Å². The largest absolute Gasteiger partial charge is 0.488 e. The van der Waals surface area contributed by atoms with Gasteiger partial charge >= 0.3 is 0 Å². The SMILES string of the molecule is CCCCOCCOc1ccc([C@@H](C)O)cc1F. The van der Waals surface area contributed by atoms with E-state index in [2.05, 4.69) is 6.92 Å². The molecule has 0 aliphatic rings. The van der Waals surface area contributed by atoms with Crippen LogP contribution < -0.4 is 4.74 Å². The molecule has 0 aliphatic carbocycles. The van der Waals surface area contributed by atoms with Crippen LogP contribution in [-0.2, 0) is 4.74 Å². The number of ether oxygens (including phenoxy) is 2. The first-order valence-corrected chi connectivity index (χ1v) is 6.33. The summed E-state index contributed by atoms with van der Waals surface area (Å²) < 4.78 is 24.1. The second-order valence-corrected chi connectivity index (χ2v) is 4.18. The number of halogens is 1. The molecule has 0 amide bonds. The Morgan fingerprint density at radius 3 is 2.67 bits per heavy atom. The monoisotopic (exact) mass is 256 g/mol. The second-order valence-electron chi connectivity index (χ2n) is 4.18. The van der Waals surface area contributed by atoms with Crippen LogP contribution in [0.3, 0.4) is 0 Å². The van der Waals surface area contributed by atoms with Crippen LogP contribution in [0.15, 0.2) is 18.2 Å². The van der Waals surface area contributed by atoms with Gasteiger partial charge in [-0.3, -0.25) is 0 Å². The van der Waals surface area contributed by atoms with Crippen LogP contribution in [0.5, 0.6) is 5.75 Å². The topological polar surface area (TPSA) is 38.7 Å². The van der Waals surface area contributed by atoms with Gasteiger partial charge in [0.15, 0.2) is 11.6 Å². The first kappa shape index (κ1) is 14.9. The van der Waals surface area contributed by atoms with Gasteiger partial charge in [-0.2, -0.15) is 0 Å². The lowest BCUT2D eigenvalue weighted by Crippen LogP contribution is -2.08. The van der Waals surface area contributed by atoms with Gasteiger partial charge in [0.1, 0.15) is 6.61 Å². The third kappa shape index (κ3) is 5.02. The summed E-state index contributed by atoms with van der Waals surface area (Å²) in [4.78, 5) is 0. The van der Waals surface area contributed by atoms with Crippen molar-refractivity contribution >= 4 is 0 Å². The van der Waals surface area contributed by atoms with Gasteiger partial charge < -0.3 is 14.6 Å². The van der Waals surface area contributed by atoms with E-state index in [0.29, 0.717) is 25.4 Å². The maximum absolute atomic E-state index is 13.6. The highest BCUT2D eigenvalue weighted by Crippen LogP contribution is 2.21. The summed E-state index contributed by atoms with van der Waals surface area (Å²) in [6.07, 6.45) is 1.44. The molecule has 0 spiro atoms. The quantitative estimate of drug-likeness (QED) is 0.726. The average molecular weight is 256 g/mol. The number of aliphatic hydroxyl groups excluding tert-OH is 1. The Kier molecular flexibility index (Phi) is 6.68. The standard InChI is InChI=1S/C14H21FO3/c1-3-4-7-17-8-9-18-14-6-5-12(11(2)16)10-13(14)15/h5-6,10-11,16H,3-4,7-9H2,1-2H3/t11-/m1/s1. The Bertz CT molecular complexity index is 353. The summed E-state index contributed by atoms with van der Waals surface area (Å²) in [6.45, 7) is 5.19. The fourth-order valence-corrected chi connectivity index (χ4v) is 1.45. The molecule has 0 saturated heterocycles. The lowest BCUT2D eigenvalue weighted by atomic mass is 10.1. The second kappa shape index (κ2) is 8.06. The predicted molar refractivity (Wildman–Crippen MR) is 68.3 cm³/mol. The summed E-state index contributed by atoms with van der Waals surface area (Å²) in [6, 6.07) is 4.47. The number of hydrogen-bond donors (Lipinski definition) is 1. The van der Waals surface area contributed by atoms with Gasteiger partial charge in [-0.25, -0.2) is 4.39 Å². The van der Waals surface area contributed by atoms with Crippen LogP contribution in [0.2, 0.25) is 0 Å². The molecule has 1 aromatic rings. The molecule has 4 heteroatoms. The highest BCUT2D eigenvalue weighted by atomic mass is 19.1. The van der Waals surface area contributed by atoms with Gasteiger partial charge in [0.25, 0.3) is 0 Å². The molecule has 3 nitrogen and oxygen atoms in total. The van der Waals surface area contributed by atoms with E-state index >= 15 is 0 Å². The molecule has 1 N–H and O–H groups in total. The number of benzene rings is 1. The molecule has 0 bridgehead atoms. The fraction of sp³-hybridized carbons (Fsp3) is 0.571. The van der Waals surface area contributed by atoms with Crippen molar-refractivity contribution in [3.05, 3.63) is 29.6 Å². The molecule has 0 radical (unpaired) electrons. The van der Waals surface area contributed by atoms with Crippen molar-refractivity contribution in [1.29, 1.82) is 0 Å². The molecule has 0 aliphatic heterocycles. The van der Waals surface area contributed by atoms with Crippen LogP contribution in [0.25, 0.3) is 0 Å². The normalized spacial score (nSPS) is 12.4. The van der Waals surface area contributed by atoms with Crippen molar-refractivity contribution in [3.8, 4) is 5.75 Å². The lowest BCUT2D eigenvalue weighted by molar-refractivity contribution is 0.0966. The van der Waals surface area contributed by atoms with E-state index in [-0.39, 0.29) is 5.75 Å². The van der Waals surface area contributed by atoms with Crippen LogP contribution >= 0.6 is 0 Å². The van der Waals surface area contributed by atoms with E-state index in [1.165, 1.54) is 12.1 Å². The van der Waals surface area contributed by atoms with Crippen molar-refractivity contribution in [2.45, 2.75) is 32.8 Å². The molecule has 0 fully saturated rings. The number of rotatable bonds is 8. The first-order valence-electron chi connectivity index (χ1n) is 6.33. The van der Waals surface area contributed by atoms with Gasteiger partial charge in [0.05, 0.1) is 12.7 Å². The van der Waals surface area contributed by atoms with Crippen molar-refractivity contribution < 1.29 is 19.0 Å². The molecule has 0 unspecified atom stereocenters. The maximum atomic E-state index is 13.6. The summed E-state index contributed by atoms with van der Waals surface area (Å²) in [5.74, 6) is -0.263. The van der Waals surface area contributed by atoms with Crippen LogP contribution in [0.1, 0.15) is 38.4 Å². The summed E-state index contributed by atoms with van der Waals surface area (Å²) >= 11 is 0. The minimum atomic E-state index is -0.675. The minimum absolute atomic E-state index is 0.193. The summed E-state index contributed by atoms with van der Waals surface area (Å²) in [5, 5.41) is 9.31. The Labute approximate surface area is 108 Å². The lowest BCUT2D eigenvalue weighted by Gasteiger charge is -2.10. The summed E-state index contributed by atoms with van der Waals surface area (Å²) in [7, 11) is 0. The van der Waals surface area contributed by atoms with E-state index in [4.69, 9.17) is 9.47 Å². The molecular weight excluding hydrogens is 235 g/mol. The van der Waals surface area contributed by atoms with E-state index in [1.54, 1.807) is 13.0 Å². The van der Waals surface area contributed by atoms with Crippen molar-refractivity contribution in [3.63, 3.8) is 0 Å². The van der Waals surface area contributed by atoms with Crippen molar-refractivity contribution in [1.82, 2.24) is 0 Å². The third-order valence-electron chi connectivity index (χ3n) is 2.57. The molecule has 1 rings (SSSR count). The number of unbranched alkanes of at least 4 members (excludes halogenated alkanes) is 1. The Morgan fingerprint density at radius 2 is 2.06 bits per heavy atom. The predicted octanol–water partition coefficient (Wildman–Crippen LogP) is 3.07. The van der Waals surface area contributed by atoms with E-state index < -0.39 is 11.9 Å². The Hall–Kier alpha value is -1.13.